The molecule has 0 fully saturated rings. The molecule has 0 heterocycles. The van der Waals surface area contributed by atoms with Gasteiger partial charge >= 0.3 is 6.18 Å². The van der Waals surface area contributed by atoms with Gasteiger partial charge in [0.1, 0.15) is 0 Å². The smallest absolute Gasteiger partial charge is 0.285 e. The molecule has 0 aliphatic rings. The Hall–Kier alpha value is -2.60. The molecule has 2 rings (SSSR count). The summed E-state index contributed by atoms with van der Waals surface area (Å²) in [5.41, 5.74) is 1.56. The van der Waals surface area contributed by atoms with Crippen LogP contribution in [0.4, 0.5) is 13.2 Å². The SMILES string of the molecule is CC(=O)N(O)[C@@H](C)C=Cc1cccc(-c2ccc(C(F)(F)F)cc2)c1. The van der Waals surface area contributed by atoms with Crippen LogP contribution in [0.3, 0.4) is 0 Å². The van der Waals surface area contributed by atoms with E-state index in [0.717, 1.165) is 23.3 Å². The molecule has 3 nitrogen and oxygen atoms in total. The summed E-state index contributed by atoms with van der Waals surface area (Å²) < 4.78 is 37.9. The van der Waals surface area contributed by atoms with Gasteiger partial charge in [0, 0.05) is 6.92 Å². The number of rotatable bonds is 4. The quantitative estimate of drug-likeness (QED) is 0.622. The molecular formula is C19H18F3NO2. The van der Waals surface area contributed by atoms with E-state index in [1.807, 2.05) is 12.1 Å². The molecule has 1 N–H and O–H groups in total. The number of carbonyl (C=O) groups excluding carboxylic acids is 1. The van der Waals surface area contributed by atoms with E-state index >= 15 is 0 Å². The fourth-order valence-corrected chi connectivity index (χ4v) is 2.29. The number of alkyl halides is 3. The maximum Gasteiger partial charge on any atom is 0.416 e. The lowest BCUT2D eigenvalue weighted by atomic mass is 10.0. The average Bonchev–Trinajstić information content (AvgIpc) is 2.58. The van der Waals surface area contributed by atoms with E-state index in [1.54, 1.807) is 31.2 Å². The Kier molecular flexibility index (Phi) is 5.64. The molecule has 0 bridgehead atoms. The molecule has 0 aliphatic heterocycles. The van der Waals surface area contributed by atoms with Crippen molar-refractivity contribution in [2.45, 2.75) is 26.1 Å². The van der Waals surface area contributed by atoms with E-state index in [0.29, 0.717) is 10.6 Å². The van der Waals surface area contributed by atoms with Crippen LogP contribution in [-0.2, 0) is 11.0 Å². The lowest BCUT2D eigenvalue weighted by Gasteiger charge is -2.17. The molecule has 6 heteroatoms. The standard InChI is InChI=1S/C19H18F3NO2/c1-13(23(25)14(2)24)6-7-15-4-3-5-17(12-15)16-8-10-18(11-9-16)19(20,21)22/h3-13,25H,1-2H3/t13-/m0/s1. The van der Waals surface area contributed by atoms with Crippen LogP contribution in [0.25, 0.3) is 17.2 Å². The van der Waals surface area contributed by atoms with Crippen molar-refractivity contribution < 1.29 is 23.2 Å². The van der Waals surface area contributed by atoms with E-state index in [-0.39, 0.29) is 0 Å². The highest BCUT2D eigenvalue weighted by Crippen LogP contribution is 2.31. The third-order valence-corrected chi connectivity index (χ3v) is 3.71. The van der Waals surface area contributed by atoms with Crippen LogP contribution in [0.1, 0.15) is 25.0 Å². The van der Waals surface area contributed by atoms with Crippen molar-refractivity contribution in [1.29, 1.82) is 0 Å². The van der Waals surface area contributed by atoms with Gasteiger partial charge in [0.15, 0.2) is 0 Å². The van der Waals surface area contributed by atoms with Crippen molar-refractivity contribution >= 4 is 12.0 Å². The van der Waals surface area contributed by atoms with E-state index in [4.69, 9.17) is 0 Å². The minimum atomic E-state index is -4.36. The number of benzene rings is 2. The summed E-state index contributed by atoms with van der Waals surface area (Å²) in [4.78, 5) is 11.1. The normalized spacial score (nSPS) is 13.0. The highest BCUT2D eigenvalue weighted by atomic mass is 19.4. The molecule has 0 unspecified atom stereocenters. The zero-order chi connectivity index (χ0) is 18.6. The third kappa shape index (κ3) is 4.93. The number of amides is 1. The summed E-state index contributed by atoms with van der Waals surface area (Å²) >= 11 is 0. The number of halogens is 3. The summed E-state index contributed by atoms with van der Waals surface area (Å²) in [5, 5.41) is 10.2. The third-order valence-electron chi connectivity index (χ3n) is 3.71. The molecule has 132 valence electrons. The zero-order valence-electron chi connectivity index (χ0n) is 13.8. The maximum atomic E-state index is 12.6. The van der Waals surface area contributed by atoms with Crippen LogP contribution in [-0.4, -0.2) is 22.2 Å². The number of hydroxylamine groups is 2. The average molecular weight is 349 g/mol. The Labute approximate surface area is 144 Å². The van der Waals surface area contributed by atoms with Crippen LogP contribution < -0.4 is 0 Å². The van der Waals surface area contributed by atoms with Gasteiger partial charge in [-0.3, -0.25) is 10.0 Å². The minimum Gasteiger partial charge on any atom is -0.285 e. The molecule has 0 spiro atoms. The summed E-state index contributed by atoms with van der Waals surface area (Å²) in [5.74, 6) is -0.462. The Morgan fingerprint density at radius 2 is 1.76 bits per heavy atom. The first-order valence-electron chi connectivity index (χ1n) is 7.63. The van der Waals surface area contributed by atoms with Crippen LogP contribution in [0.2, 0.25) is 0 Å². The van der Waals surface area contributed by atoms with Crippen molar-refractivity contribution in [2.24, 2.45) is 0 Å². The monoisotopic (exact) mass is 349 g/mol. The van der Waals surface area contributed by atoms with Gasteiger partial charge in [0.2, 0.25) is 5.91 Å². The molecule has 0 saturated carbocycles. The van der Waals surface area contributed by atoms with E-state index < -0.39 is 23.7 Å². The molecular weight excluding hydrogens is 331 g/mol. The Bertz CT molecular complexity index is 767. The van der Waals surface area contributed by atoms with Gasteiger partial charge in [-0.05, 0) is 41.8 Å². The Morgan fingerprint density at radius 3 is 2.32 bits per heavy atom. The van der Waals surface area contributed by atoms with Gasteiger partial charge in [-0.25, -0.2) is 5.06 Å². The fraction of sp³-hybridized carbons (Fsp3) is 0.211. The van der Waals surface area contributed by atoms with Gasteiger partial charge in [-0.1, -0.05) is 42.5 Å². The van der Waals surface area contributed by atoms with Crippen molar-refractivity contribution in [1.82, 2.24) is 5.06 Å². The first kappa shape index (κ1) is 18.7. The molecule has 1 atom stereocenters. The van der Waals surface area contributed by atoms with Crippen molar-refractivity contribution in [3.8, 4) is 11.1 Å². The van der Waals surface area contributed by atoms with Crippen LogP contribution in [0, 0.1) is 0 Å². The summed E-state index contributed by atoms with van der Waals surface area (Å²) in [6.45, 7) is 2.92. The fourth-order valence-electron chi connectivity index (χ4n) is 2.29. The number of carbonyl (C=O) groups is 1. The van der Waals surface area contributed by atoms with E-state index in [2.05, 4.69) is 0 Å². The second-order valence-corrected chi connectivity index (χ2v) is 5.66. The zero-order valence-corrected chi connectivity index (χ0v) is 13.8. The van der Waals surface area contributed by atoms with Crippen LogP contribution in [0.5, 0.6) is 0 Å². The van der Waals surface area contributed by atoms with Crippen molar-refractivity contribution in [3.05, 3.63) is 65.7 Å². The summed E-state index contributed by atoms with van der Waals surface area (Å²) in [7, 11) is 0. The second-order valence-electron chi connectivity index (χ2n) is 5.66. The first-order valence-corrected chi connectivity index (χ1v) is 7.63. The van der Waals surface area contributed by atoms with Crippen LogP contribution in [0.15, 0.2) is 54.6 Å². The molecule has 0 saturated heterocycles. The second kappa shape index (κ2) is 7.53. The Morgan fingerprint density at radius 1 is 1.12 bits per heavy atom. The first-order chi connectivity index (χ1) is 11.7. The summed E-state index contributed by atoms with van der Waals surface area (Å²) in [6, 6.07) is 11.7. The van der Waals surface area contributed by atoms with Crippen LogP contribution >= 0.6 is 0 Å². The highest BCUT2D eigenvalue weighted by Gasteiger charge is 2.29. The summed E-state index contributed by atoms with van der Waals surface area (Å²) in [6.07, 6.45) is -0.955. The molecule has 25 heavy (non-hydrogen) atoms. The van der Waals surface area contributed by atoms with Crippen molar-refractivity contribution in [3.63, 3.8) is 0 Å². The molecule has 2 aromatic rings. The number of hydrogen-bond acceptors (Lipinski definition) is 2. The van der Waals surface area contributed by atoms with Gasteiger partial charge in [-0.2, -0.15) is 13.2 Å². The molecule has 0 aromatic heterocycles. The van der Waals surface area contributed by atoms with Gasteiger partial charge in [0.05, 0.1) is 11.6 Å². The highest BCUT2D eigenvalue weighted by molar-refractivity contribution is 5.73. The predicted octanol–water partition coefficient (Wildman–Crippen LogP) is 5.01. The van der Waals surface area contributed by atoms with E-state index in [9.17, 15) is 23.2 Å². The number of nitrogens with zero attached hydrogens (tertiary/aromatic N) is 1. The molecule has 0 aliphatic carbocycles. The largest absolute Gasteiger partial charge is 0.416 e. The topological polar surface area (TPSA) is 40.5 Å². The van der Waals surface area contributed by atoms with Crippen molar-refractivity contribution in [2.75, 3.05) is 0 Å². The van der Waals surface area contributed by atoms with Gasteiger partial charge in [-0.15, -0.1) is 0 Å². The van der Waals surface area contributed by atoms with E-state index in [1.165, 1.54) is 19.1 Å². The molecule has 2 aromatic carbocycles. The van der Waals surface area contributed by atoms with Gasteiger partial charge < -0.3 is 0 Å². The maximum absolute atomic E-state index is 12.6. The molecule has 0 radical (unpaired) electrons. The minimum absolute atomic E-state index is 0.462. The predicted molar refractivity (Wildman–Crippen MR) is 89.7 cm³/mol. The lowest BCUT2D eigenvalue weighted by Crippen LogP contribution is -2.32. The van der Waals surface area contributed by atoms with Gasteiger partial charge in [0.25, 0.3) is 0 Å². The molecule has 1 amide bonds. The lowest BCUT2D eigenvalue weighted by molar-refractivity contribution is -0.167. The number of hydrogen-bond donors (Lipinski definition) is 1. The Balaban J connectivity index is 2.20.